The van der Waals surface area contributed by atoms with Crippen LogP contribution in [0.4, 0.5) is 14.5 Å². The molecule has 1 heterocycles. The predicted molar refractivity (Wildman–Crippen MR) is 119 cm³/mol. The summed E-state index contributed by atoms with van der Waals surface area (Å²) in [5.41, 5.74) is 1.49. The minimum Gasteiger partial charge on any atom is -0.489 e. The Hall–Kier alpha value is -3.04. The fourth-order valence-electron chi connectivity index (χ4n) is 3.80. The number of aliphatic hydroxyl groups excluding tert-OH is 1. The fourth-order valence-corrected chi connectivity index (χ4v) is 3.80. The molecule has 3 rings (SSSR count). The number of β-amino-alcohol motifs (C(OH)–C–C–N with tert-alkyl or cyclic N) is 1. The van der Waals surface area contributed by atoms with Gasteiger partial charge in [0.1, 0.15) is 24.6 Å². The van der Waals surface area contributed by atoms with Crippen molar-refractivity contribution in [3.8, 4) is 11.5 Å². The van der Waals surface area contributed by atoms with Gasteiger partial charge in [0.25, 0.3) is 0 Å². The number of aliphatic hydroxyl groups is 1. The van der Waals surface area contributed by atoms with E-state index in [9.17, 15) is 23.5 Å². The number of carbonyl (C=O) groups is 2. The molecular formula is C24H28F2N2O5. The van der Waals surface area contributed by atoms with Crippen LogP contribution in [0.3, 0.4) is 0 Å². The van der Waals surface area contributed by atoms with Crippen molar-refractivity contribution in [1.82, 2.24) is 4.90 Å². The van der Waals surface area contributed by atoms with Crippen LogP contribution < -0.4 is 14.8 Å². The number of nitrogens with zero attached hydrogens (tertiary/aromatic N) is 1. The van der Waals surface area contributed by atoms with E-state index in [1.54, 1.807) is 12.1 Å². The molecule has 0 saturated carbocycles. The molecule has 0 aliphatic carbocycles. The van der Waals surface area contributed by atoms with Crippen LogP contribution in [-0.4, -0.2) is 60.1 Å². The third-order valence-electron chi connectivity index (χ3n) is 5.24. The van der Waals surface area contributed by atoms with E-state index < -0.39 is 17.7 Å². The lowest BCUT2D eigenvalue weighted by Gasteiger charge is -2.22. The first-order valence-electron chi connectivity index (χ1n) is 10.7. The Bertz CT molecular complexity index is 1030. The number of amides is 1. The Morgan fingerprint density at radius 3 is 2.64 bits per heavy atom. The highest BCUT2D eigenvalue weighted by Gasteiger charge is 2.26. The third-order valence-corrected chi connectivity index (χ3v) is 5.24. The molecule has 1 fully saturated rings. The van der Waals surface area contributed by atoms with Gasteiger partial charge in [-0.25, -0.2) is 8.78 Å². The van der Waals surface area contributed by atoms with Gasteiger partial charge in [-0.05, 0) is 50.1 Å². The molecule has 2 aromatic rings. The molecule has 33 heavy (non-hydrogen) atoms. The normalized spacial score (nSPS) is 17.0. The van der Waals surface area contributed by atoms with E-state index in [0.29, 0.717) is 37.3 Å². The first-order valence-corrected chi connectivity index (χ1v) is 10.7. The van der Waals surface area contributed by atoms with Gasteiger partial charge in [-0.3, -0.25) is 14.5 Å². The molecule has 2 aromatic carbocycles. The molecule has 2 atom stereocenters. The molecule has 1 aliphatic heterocycles. The summed E-state index contributed by atoms with van der Waals surface area (Å²) in [5.74, 6) is -1.93. The predicted octanol–water partition coefficient (Wildman–Crippen LogP) is 3.33. The second-order valence-corrected chi connectivity index (χ2v) is 8.26. The summed E-state index contributed by atoms with van der Waals surface area (Å²) in [6.45, 7) is 5.97. The summed E-state index contributed by atoms with van der Waals surface area (Å²) in [4.78, 5) is 25.6. The number of anilines is 1. The van der Waals surface area contributed by atoms with Crippen LogP contribution in [0.5, 0.6) is 11.5 Å². The van der Waals surface area contributed by atoms with Gasteiger partial charge < -0.3 is 19.9 Å². The van der Waals surface area contributed by atoms with Crippen LogP contribution in [0, 0.1) is 18.6 Å². The molecule has 1 saturated heterocycles. The molecule has 0 aromatic heterocycles. The Morgan fingerprint density at radius 2 is 1.97 bits per heavy atom. The van der Waals surface area contributed by atoms with E-state index in [1.807, 2.05) is 11.8 Å². The topological polar surface area (TPSA) is 88.1 Å². The second kappa shape index (κ2) is 10.7. The van der Waals surface area contributed by atoms with Crippen LogP contribution in [0.1, 0.15) is 36.2 Å². The number of carbonyl (C=O) groups excluding carboxylic acids is 2. The molecule has 0 bridgehead atoms. The molecule has 9 heteroatoms. The molecule has 178 valence electrons. The number of ether oxygens (including phenoxy) is 2. The zero-order valence-corrected chi connectivity index (χ0v) is 18.9. The molecule has 2 N–H and O–H groups in total. The maximum absolute atomic E-state index is 13.4. The van der Waals surface area contributed by atoms with Crippen molar-refractivity contribution in [2.75, 3.05) is 31.6 Å². The van der Waals surface area contributed by atoms with Gasteiger partial charge in [0.05, 0.1) is 11.3 Å². The highest BCUT2D eigenvalue weighted by Crippen LogP contribution is 2.31. The highest BCUT2D eigenvalue weighted by molar-refractivity contribution is 6.01. The van der Waals surface area contributed by atoms with Gasteiger partial charge in [-0.15, -0.1) is 0 Å². The maximum atomic E-state index is 13.4. The molecule has 1 aliphatic rings. The highest BCUT2D eigenvalue weighted by atomic mass is 19.2. The van der Waals surface area contributed by atoms with Crippen LogP contribution in [-0.2, 0) is 4.79 Å². The van der Waals surface area contributed by atoms with Crippen LogP contribution in [0.2, 0.25) is 0 Å². The van der Waals surface area contributed by atoms with Gasteiger partial charge in [0.15, 0.2) is 23.2 Å². The third kappa shape index (κ3) is 6.72. The van der Waals surface area contributed by atoms with Crippen molar-refractivity contribution in [3.63, 3.8) is 0 Å². The number of likely N-dealkylation sites (tertiary alicyclic amines) is 1. The lowest BCUT2D eigenvalue weighted by atomic mass is 10.1. The zero-order valence-electron chi connectivity index (χ0n) is 18.9. The summed E-state index contributed by atoms with van der Waals surface area (Å²) in [5, 5.41) is 13.2. The molecule has 0 spiro atoms. The van der Waals surface area contributed by atoms with Crippen molar-refractivity contribution >= 4 is 17.4 Å². The number of nitrogens with one attached hydrogen (secondary N) is 1. The first-order chi connectivity index (χ1) is 15.6. The van der Waals surface area contributed by atoms with Crippen molar-refractivity contribution in [1.29, 1.82) is 0 Å². The maximum Gasteiger partial charge on any atom is 0.221 e. The van der Waals surface area contributed by atoms with Crippen molar-refractivity contribution in [2.24, 2.45) is 0 Å². The number of halogens is 2. The Kier molecular flexibility index (Phi) is 7.99. The lowest BCUT2D eigenvalue weighted by molar-refractivity contribution is -0.114. The zero-order chi connectivity index (χ0) is 24.1. The smallest absolute Gasteiger partial charge is 0.221 e. The summed E-state index contributed by atoms with van der Waals surface area (Å²) < 4.78 is 37.9. The van der Waals surface area contributed by atoms with E-state index in [2.05, 4.69) is 5.32 Å². The lowest BCUT2D eigenvalue weighted by Crippen LogP contribution is -2.35. The van der Waals surface area contributed by atoms with E-state index in [1.165, 1.54) is 19.9 Å². The Balaban J connectivity index is 1.57. The monoisotopic (exact) mass is 462 g/mol. The molecular weight excluding hydrogens is 434 g/mol. The number of Topliss-reactive ketones (excluding diaryl/α,β-unsaturated/α-hetero) is 1. The number of ketones is 1. The molecule has 7 nitrogen and oxygen atoms in total. The number of rotatable bonds is 9. The summed E-state index contributed by atoms with van der Waals surface area (Å²) in [7, 11) is 0. The van der Waals surface area contributed by atoms with Crippen molar-refractivity contribution < 1.29 is 33.0 Å². The van der Waals surface area contributed by atoms with Gasteiger partial charge in [-0.2, -0.15) is 0 Å². The van der Waals surface area contributed by atoms with E-state index in [-0.39, 0.29) is 35.9 Å². The second-order valence-electron chi connectivity index (χ2n) is 8.26. The number of aryl methyl sites for hydroxylation is 1. The van der Waals surface area contributed by atoms with E-state index >= 15 is 0 Å². The summed E-state index contributed by atoms with van der Waals surface area (Å²) >= 11 is 0. The minimum absolute atomic E-state index is 0.0822. The van der Waals surface area contributed by atoms with Gasteiger partial charge >= 0.3 is 0 Å². The Morgan fingerprint density at radius 1 is 1.21 bits per heavy atom. The number of hydrogen-bond donors (Lipinski definition) is 2. The van der Waals surface area contributed by atoms with E-state index in [4.69, 9.17) is 9.47 Å². The summed E-state index contributed by atoms with van der Waals surface area (Å²) in [6.07, 6.45) is -0.403. The van der Waals surface area contributed by atoms with Crippen LogP contribution in [0.25, 0.3) is 0 Å². The van der Waals surface area contributed by atoms with Crippen LogP contribution in [0.15, 0.2) is 30.3 Å². The van der Waals surface area contributed by atoms with Gasteiger partial charge in [0.2, 0.25) is 5.91 Å². The van der Waals surface area contributed by atoms with Gasteiger partial charge in [0, 0.05) is 32.6 Å². The number of hydrogen-bond acceptors (Lipinski definition) is 6. The molecule has 0 radical (unpaired) electrons. The first kappa shape index (κ1) is 24.6. The van der Waals surface area contributed by atoms with Crippen molar-refractivity contribution in [2.45, 2.75) is 39.4 Å². The van der Waals surface area contributed by atoms with Crippen molar-refractivity contribution in [3.05, 3.63) is 53.1 Å². The largest absolute Gasteiger partial charge is 0.489 e. The molecule has 1 amide bonds. The minimum atomic E-state index is -0.963. The van der Waals surface area contributed by atoms with Crippen LogP contribution >= 0.6 is 0 Å². The fraction of sp³-hybridized carbons (Fsp3) is 0.417. The quantitative estimate of drug-likeness (QED) is 0.556. The SMILES string of the molecule is CC(=O)Nc1cc(C)cc(C(C)=O)c1OCC(O)CN1CCC(Oc2ccc(F)c(F)c2)C1. The number of benzene rings is 2. The molecule has 2 unspecified atom stereocenters. The van der Waals surface area contributed by atoms with E-state index in [0.717, 1.165) is 17.7 Å². The Labute approximate surface area is 191 Å². The average molecular weight is 462 g/mol. The van der Waals surface area contributed by atoms with Gasteiger partial charge in [-0.1, -0.05) is 0 Å². The summed E-state index contributed by atoms with van der Waals surface area (Å²) in [6, 6.07) is 6.80. The standard InChI is InChI=1S/C24H28F2N2O5/c1-14-8-20(15(2)29)24(23(9-14)27-16(3)30)32-13-17(31)11-28-7-6-19(12-28)33-18-4-5-21(25)22(26)10-18/h4-5,8-10,17,19,31H,6-7,11-13H2,1-3H3,(H,27,30). The average Bonchev–Trinajstić information content (AvgIpc) is 3.15.